The van der Waals surface area contributed by atoms with E-state index in [0.717, 1.165) is 49.4 Å². The SMILES string of the molecule is CCCCCNC(=O)CCc1ccc(N2CCCC2)c(N)c1. The highest BCUT2D eigenvalue weighted by molar-refractivity contribution is 5.76. The molecule has 1 heterocycles. The molecule has 22 heavy (non-hydrogen) atoms. The minimum absolute atomic E-state index is 0.137. The Morgan fingerprint density at radius 1 is 1.27 bits per heavy atom. The van der Waals surface area contributed by atoms with E-state index in [1.54, 1.807) is 0 Å². The Labute approximate surface area is 134 Å². The van der Waals surface area contributed by atoms with Gasteiger partial charge in [0.05, 0.1) is 11.4 Å². The topological polar surface area (TPSA) is 58.4 Å². The van der Waals surface area contributed by atoms with Crippen LogP contribution in [0.15, 0.2) is 18.2 Å². The van der Waals surface area contributed by atoms with E-state index < -0.39 is 0 Å². The van der Waals surface area contributed by atoms with Crippen LogP contribution in [-0.4, -0.2) is 25.5 Å². The van der Waals surface area contributed by atoms with Crippen LogP contribution in [0.3, 0.4) is 0 Å². The van der Waals surface area contributed by atoms with E-state index in [-0.39, 0.29) is 5.91 Å². The van der Waals surface area contributed by atoms with Crippen molar-refractivity contribution in [2.75, 3.05) is 30.3 Å². The molecule has 1 aromatic rings. The third-order valence-electron chi connectivity index (χ3n) is 4.28. The Morgan fingerprint density at radius 3 is 2.73 bits per heavy atom. The maximum atomic E-state index is 11.8. The van der Waals surface area contributed by atoms with E-state index >= 15 is 0 Å². The van der Waals surface area contributed by atoms with Crippen LogP contribution in [0.2, 0.25) is 0 Å². The predicted octanol–water partition coefficient (Wildman–Crippen LogP) is 3.11. The Morgan fingerprint density at radius 2 is 2.05 bits per heavy atom. The molecule has 1 saturated heterocycles. The van der Waals surface area contributed by atoms with Gasteiger partial charge in [0.25, 0.3) is 0 Å². The first-order chi connectivity index (χ1) is 10.7. The van der Waals surface area contributed by atoms with Crippen molar-refractivity contribution in [3.63, 3.8) is 0 Å². The largest absolute Gasteiger partial charge is 0.397 e. The lowest BCUT2D eigenvalue weighted by molar-refractivity contribution is -0.121. The lowest BCUT2D eigenvalue weighted by atomic mass is 10.1. The normalized spacial score (nSPS) is 14.3. The van der Waals surface area contributed by atoms with Gasteiger partial charge in [0.2, 0.25) is 5.91 Å². The minimum Gasteiger partial charge on any atom is -0.397 e. The molecule has 0 bridgehead atoms. The fraction of sp³-hybridized carbons (Fsp3) is 0.611. The summed E-state index contributed by atoms with van der Waals surface area (Å²) in [7, 11) is 0. The van der Waals surface area contributed by atoms with Crippen molar-refractivity contribution in [2.24, 2.45) is 0 Å². The fourth-order valence-electron chi connectivity index (χ4n) is 2.95. The van der Waals surface area contributed by atoms with Crippen LogP contribution in [0.1, 0.15) is 51.0 Å². The number of anilines is 2. The molecule has 4 heteroatoms. The zero-order valence-electron chi connectivity index (χ0n) is 13.7. The number of nitrogens with two attached hydrogens (primary N) is 1. The van der Waals surface area contributed by atoms with Gasteiger partial charge in [0.15, 0.2) is 0 Å². The molecular formula is C18H29N3O. The number of nitrogens with one attached hydrogen (secondary N) is 1. The van der Waals surface area contributed by atoms with Gasteiger partial charge in [-0.1, -0.05) is 25.8 Å². The highest BCUT2D eigenvalue weighted by atomic mass is 16.1. The minimum atomic E-state index is 0.137. The molecule has 0 spiro atoms. The summed E-state index contributed by atoms with van der Waals surface area (Å²) in [5.74, 6) is 0.137. The van der Waals surface area contributed by atoms with Crippen molar-refractivity contribution in [3.05, 3.63) is 23.8 Å². The second-order valence-electron chi connectivity index (χ2n) is 6.14. The van der Waals surface area contributed by atoms with Gasteiger partial charge >= 0.3 is 0 Å². The number of benzene rings is 1. The van der Waals surface area contributed by atoms with Gasteiger partial charge in [0, 0.05) is 26.1 Å². The molecule has 3 N–H and O–H groups in total. The summed E-state index contributed by atoms with van der Waals surface area (Å²) in [6.45, 7) is 5.16. The second kappa shape index (κ2) is 8.66. The first-order valence-corrected chi connectivity index (χ1v) is 8.60. The van der Waals surface area contributed by atoms with Crippen LogP contribution in [0.25, 0.3) is 0 Å². The van der Waals surface area contributed by atoms with Crippen molar-refractivity contribution >= 4 is 17.3 Å². The van der Waals surface area contributed by atoms with Crippen molar-refractivity contribution in [1.82, 2.24) is 5.32 Å². The van der Waals surface area contributed by atoms with Crippen molar-refractivity contribution in [2.45, 2.75) is 51.9 Å². The Balaban J connectivity index is 1.78. The number of carbonyl (C=O) groups excluding carboxylic acids is 1. The molecule has 1 aliphatic heterocycles. The molecule has 1 aromatic carbocycles. The highest BCUT2D eigenvalue weighted by Crippen LogP contribution is 2.27. The van der Waals surface area contributed by atoms with Gasteiger partial charge in [-0.3, -0.25) is 4.79 Å². The number of hydrogen-bond donors (Lipinski definition) is 2. The number of rotatable bonds is 8. The number of amides is 1. The van der Waals surface area contributed by atoms with Crippen molar-refractivity contribution in [3.8, 4) is 0 Å². The maximum Gasteiger partial charge on any atom is 0.220 e. The van der Waals surface area contributed by atoms with Gasteiger partial charge in [-0.15, -0.1) is 0 Å². The molecule has 0 saturated carbocycles. The summed E-state index contributed by atoms with van der Waals surface area (Å²) >= 11 is 0. The molecule has 0 radical (unpaired) electrons. The lowest BCUT2D eigenvalue weighted by Gasteiger charge is -2.20. The molecule has 4 nitrogen and oxygen atoms in total. The zero-order valence-corrected chi connectivity index (χ0v) is 13.7. The van der Waals surface area contributed by atoms with E-state index in [1.807, 2.05) is 6.07 Å². The molecule has 0 atom stereocenters. The number of aryl methyl sites for hydroxylation is 1. The number of carbonyl (C=O) groups is 1. The Hall–Kier alpha value is -1.71. The van der Waals surface area contributed by atoms with E-state index in [0.29, 0.717) is 6.42 Å². The molecule has 1 amide bonds. The summed E-state index contributed by atoms with van der Waals surface area (Å²) in [6, 6.07) is 6.24. The first-order valence-electron chi connectivity index (χ1n) is 8.60. The van der Waals surface area contributed by atoms with Crippen LogP contribution < -0.4 is 16.0 Å². The third-order valence-corrected chi connectivity index (χ3v) is 4.28. The molecule has 1 fully saturated rings. The number of nitrogen functional groups attached to an aromatic ring is 1. The van der Waals surface area contributed by atoms with Crippen LogP contribution in [0.5, 0.6) is 0 Å². The van der Waals surface area contributed by atoms with Crippen molar-refractivity contribution in [1.29, 1.82) is 0 Å². The first kappa shape index (κ1) is 16.7. The second-order valence-corrected chi connectivity index (χ2v) is 6.14. The monoisotopic (exact) mass is 303 g/mol. The van der Waals surface area contributed by atoms with Gasteiger partial charge in [-0.2, -0.15) is 0 Å². The van der Waals surface area contributed by atoms with E-state index in [4.69, 9.17) is 5.73 Å². The molecule has 0 aliphatic carbocycles. The molecule has 122 valence electrons. The van der Waals surface area contributed by atoms with Gasteiger partial charge in [-0.05, 0) is 43.4 Å². The zero-order chi connectivity index (χ0) is 15.8. The summed E-state index contributed by atoms with van der Waals surface area (Å²) in [4.78, 5) is 14.1. The molecule has 0 aromatic heterocycles. The highest BCUT2D eigenvalue weighted by Gasteiger charge is 2.14. The molecule has 0 unspecified atom stereocenters. The third kappa shape index (κ3) is 4.93. The van der Waals surface area contributed by atoms with E-state index in [1.165, 1.54) is 25.7 Å². The van der Waals surface area contributed by atoms with Gasteiger partial charge < -0.3 is 16.0 Å². The Kier molecular flexibility index (Phi) is 6.56. The van der Waals surface area contributed by atoms with E-state index in [9.17, 15) is 4.79 Å². The standard InChI is InChI=1S/C18H29N3O/c1-2-3-4-11-20-18(22)10-8-15-7-9-17(16(19)14-15)21-12-5-6-13-21/h7,9,14H,2-6,8,10-13,19H2,1H3,(H,20,22). The average Bonchev–Trinajstić information content (AvgIpc) is 3.04. The summed E-state index contributed by atoms with van der Waals surface area (Å²) in [5.41, 5.74) is 9.30. The Bertz CT molecular complexity index is 481. The van der Waals surface area contributed by atoms with Crippen LogP contribution in [-0.2, 0) is 11.2 Å². The molecule has 1 aliphatic rings. The average molecular weight is 303 g/mol. The van der Waals surface area contributed by atoms with Crippen molar-refractivity contribution < 1.29 is 4.79 Å². The fourth-order valence-corrected chi connectivity index (χ4v) is 2.95. The van der Waals surface area contributed by atoms with Crippen LogP contribution in [0.4, 0.5) is 11.4 Å². The lowest BCUT2D eigenvalue weighted by Crippen LogP contribution is -2.24. The van der Waals surface area contributed by atoms with Crippen LogP contribution >= 0.6 is 0 Å². The molecule has 2 rings (SSSR count). The molecular weight excluding hydrogens is 274 g/mol. The van der Waals surface area contributed by atoms with Gasteiger partial charge in [-0.25, -0.2) is 0 Å². The number of unbranched alkanes of at least 4 members (excludes halogenated alkanes) is 2. The predicted molar refractivity (Wildman–Crippen MR) is 93.2 cm³/mol. The maximum absolute atomic E-state index is 11.8. The van der Waals surface area contributed by atoms with E-state index in [2.05, 4.69) is 29.3 Å². The summed E-state index contributed by atoms with van der Waals surface area (Å²) in [5, 5.41) is 2.98. The smallest absolute Gasteiger partial charge is 0.220 e. The number of hydrogen-bond acceptors (Lipinski definition) is 3. The summed E-state index contributed by atoms with van der Waals surface area (Å²) < 4.78 is 0. The quantitative estimate of drug-likeness (QED) is 0.573. The van der Waals surface area contributed by atoms with Crippen LogP contribution in [0, 0.1) is 0 Å². The summed E-state index contributed by atoms with van der Waals surface area (Å²) in [6.07, 6.45) is 7.21. The van der Waals surface area contributed by atoms with Gasteiger partial charge in [0.1, 0.15) is 0 Å². The number of nitrogens with zero attached hydrogens (tertiary/aromatic N) is 1.